The molecule has 0 aromatic heterocycles. The van der Waals surface area contributed by atoms with Crippen LogP contribution in [0.25, 0.3) is 0 Å². The standard InChI is InChI=1S/C11H12N2O6S/c1-3-4-5-19-9-6-8(13(14)15)7-10(11(9)18-2)20(12,16)17/h1,6-7H,4-5H2,2H3,(H2,12,16,17). The molecule has 1 rings (SSSR count). The number of nitro benzene ring substituents is 1. The number of methoxy groups -OCH3 is 1. The molecule has 0 atom stereocenters. The summed E-state index contributed by atoms with van der Waals surface area (Å²) in [6, 6.07) is 1.85. The number of hydrogen-bond donors (Lipinski definition) is 1. The van der Waals surface area contributed by atoms with Crippen LogP contribution in [0.4, 0.5) is 5.69 Å². The Morgan fingerprint density at radius 1 is 1.50 bits per heavy atom. The number of hydrogen-bond acceptors (Lipinski definition) is 6. The third kappa shape index (κ3) is 3.59. The van der Waals surface area contributed by atoms with Gasteiger partial charge < -0.3 is 9.47 Å². The van der Waals surface area contributed by atoms with Crippen molar-refractivity contribution >= 4 is 15.7 Å². The Morgan fingerprint density at radius 3 is 2.60 bits per heavy atom. The number of rotatable bonds is 6. The van der Waals surface area contributed by atoms with Crippen molar-refractivity contribution in [1.29, 1.82) is 0 Å². The number of ether oxygens (including phenoxy) is 2. The highest BCUT2D eigenvalue weighted by Gasteiger charge is 2.24. The second kappa shape index (κ2) is 6.23. The van der Waals surface area contributed by atoms with E-state index in [1.54, 1.807) is 0 Å². The number of nitrogens with two attached hydrogens (primary N) is 1. The first kappa shape index (κ1) is 15.7. The smallest absolute Gasteiger partial charge is 0.274 e. The SMILES string of the molecule is C#CCCOc1cc([N+](=O)[O-])cc(S(N)(=O)=O)c1OC. The minimum absolute atomic E-state index is 0.0537. The topological polar surface area (TPSA) is 122 Å². The summed E-state index contributed by atoms with van der Waals surface area (Å²) in [5, 5.41) is 15.8. The first-order chi connectivity index (χ1) is 9.31. The normalized spacial score (nSPS) is 10.7. The lowest BCUT2D eigenvalue weighted by Gasteiger charge is -2.12. The van der Waals surface area contributed by atoms with Gasteiger partial charge in [-0.25, -0.2) is 13.6 Å². The van der Waals surface area contributed by atoms with Gasteiger partial charge in [-0.1, -0.05) is 0 Å². The van der Waals surface area contributed by atoms with Crippen molar-refractivity contribution < 1.29 is 22.8 Å². The van der Waals surface area contributed by atoms with Gasteiger partial charge in [-0.15, -0.1) is 12.3 Å². The summed E-state index contributed by atoms with van der Waals surface area (Å²) >= 11 is 0. The van der Waals surface area contributed by atoms with E-state index in [2.05, 4.69) is 5.92 Å². The van der Waals surface area contributed by atoms with E-state index in [1.165, 1.54) is 7.11 Å². The van der Waals surface area contributed by atoms with Crippen molar-refractivity contribution in [2.75, 3.05) is 13.7 Å². The first-order valence-corrected chi connectivity index (χ1v) is 6.81. The number of nitro groups is 1. The predicted octanol–water partition coefficient (Wildman–Crippen LogP) is 0.653. The summed E-state index contributed by atoms with van der Waals surface area (Å²) in [5.41, 5.74) is -0.481. The van der Waals surface area contributed by atoms with Gasteiger partial charge in [0.25, 0.3) is 5.69 Å². The van der Waals surface area contributed by atoms with Gasteiger partial charge in [-0.3, -0.25) is 10.1 Å². The lowest BCUT2D eigenvalue weighted by Crippen LogP contribution is -2.14. The maximum absolute atomic E-state index is 11.5. The molecule has 1 aromatic rings. The Morgan fingerprint density at radius 2 is 2.15 bits per heavy atom. The van der Waals surface area contributed by atoms with Gasteiger partial charge in [-0.05, 0) is 0 Å². The van der Waals surface area contributed by atoms with Crippen molar-refractivity contribution in [2.24, 2.45) is 5.14 Å². The van der Waals surface area contributed by atoms with E-state index in [-0.39, 0.29) is 24.5 Å². The summed E-state index contributed by atoms with van der Waals surface area (Å²) in [7, 11) is -3.01. The molecule has 2 N–H and O–H groups in total. The van der Waals surface area contributed by atoms with Gasteiger partial charge in [0.05, 0.1) is 24.7 Å². The third-order valence-electron chi connectivity index (χ3n) is 2.23. The molecule has 0 aliphatic carbocycles. The molecule has 20 heavy (non-hydrogen) atoms. The molecule has 8 nitrogen and oxygen atoms in total. The molecular weight excluding hydrogens is 288 g/mol. The number of benzene rings is 1. The van der Waals surface area contributed by atoms with Gasteiger partial charge in [0.2, 0.25) is 10.0 Å². The molecule has 9 heteroatoms. The fourth-order valence-corrected chi connectivity index (χ4v) is 2.14. The fraction of sp³-hybridized carbons (Fsp3) is 0.273. The zero-order valence-electron chi connectivity index (χ0n) is 10.5. The average Bonchev–Trinajstić information content (AvgIpc) is 2.36. The lowest BCUT2D eigenvalue weighted by molar-refractivity contribution is -0.385. The molecule has 0 unspecified atom stereocenters. The molecular formula is C11H12N2O6S. The molecule has 0 aliphatic rings. The second-order valence-electron chi connectivity index (χ2n) is 3.58. The highest BCUT2D eigenvalue weighted by Crippen LogP contribution is 2.37. The van der Waals surface area contributed by atoms with Crippen LogP contribution < -0.4 is 14.6 Å². The van der Waals surface area contributed by atoms with Crippen LogP contribution in [0.5, 0.6) is 11.5 Å². The summed E-state index contributed by atoms with van der Waals surface area (Å²) in [5.74, 6) is 2.01. The van der Waals surface area contributed by atoms with Crippen LogP contribution in [-0.2, 0) is 10.0 Å². The Kier molecular flexibility index (Phi) is 4.90. The molecule has 0 spiro atoms. The second-order valence-corrected chi connectivity index (χ2v) is 5.11. The van der Waals surface area contributed by atoms with E-state index in [0.29, 0.717) is 0 Å². The highest BCUT2D eigenvalue weighted by molar-refractivity contribution is 7.89. The Balaban J connectivity index is 3.44. The van der Waals surface area contributed by atoms with Crippen molar-refractivity contribution in [1.82, 2.24) is 0 Å². The molecule has 0 radical (unpaired) electrons. The summed E-state index contributed by atoms with van der Waals surface area (Å²) < 4.78 is 33.0. The third-order valence-corrected chi connectivity index (χ3v) is 3.15. The van der Waals surface area contributed by atoms with Crippen LogP contribution in [0.15, 0.2) is 17.0 Å². The summed E-state index contributed by atoms with van der Waals surface area (Å²) in [6.45, 7) is 0.0537. The van der Waals surface area contributed by atoms with Gasteiger partial charge >= 0.3 is 0 Å². The number of terminal acetylenes is 1. The number of sulfonamides is 1. The molecule has 0 fully saturated rings. The van der Waals surface area contributed by atoms with Gasteiger partial charge in [-0.2, -0.15) is 0 Å². The Hall–Kier alpha value is -2.31. The molecule has 1 aromatic carbocycles. The van der Waals surface area contributed by atoms with Gasteiger partial charge in [0, 0.05) is 12.5 Å². The van der Waals surface area contributed by atoms with Crippen molar-refractivity contribution in [2.45, 2.75) is 11.3 Å². The van der Waals surface area contributed by atoms with Crippen molar-refractivity contribution in [3.05, 3.63) is 22.2 Å². The molecule has 0 saturated heterocycles. The zero-order valence-corrected chi connectivity index (χ0v) is 11.3. The van der Waals surface area contributed by atoms with Crippen LogP contribution in [0, 0.1) is 22.5 Å². The quantitative estimate of drug-likeness (QED) is 0.356. The zero-order chi connectivity index (χ0) is 15.3. The molecule has 0 amide bonds. The Labute approximate surface area is 115 Å². The minimum atomic E-state index is -4.20. The van der Waals surface area contributed by atoms with Crippen LogP contribution in [0.2, 0.25) is 0 Å². The minimum Gasteiger partial charge on any atom is -0.492 e. The largest absolute Gasteiger partial charge is 0.492 e. The molecule has 0 saturated carbocycles. The average molecular weight is 300 g/mol. The first-order valence-electron chi connectivity index (χ1n) is 5.26. The monoisotopic (exact) mass is 300 g/mol. The maximum atomic E-state index is 11.5. The number of non-ortho nitro benzene ring substituents is 1. The molecule has 108 valence electrons. The van der Waals surface area contributed by atoms with Crippen LogP contribution >= 0.6 is 0 Å². The van der Waals surface area contributed by atoms with E-state index in [1.807, 2.05) is 0 Å². The van der Waals surface area contributed by atoms with Crippen LogP contribution in [-0.4, -0.2) is 27.1 Å². The lowest BCUT2D eigenvalue weighted by atomic mass is 10.2. The van der Waals surface area contributed by atoms with Gasteiger partial charge in [0.15, 0.2) is 11.5 Å². The Bertz CT molecular complexity index is 662. The van der Waals surface area contributed by atoms with E-state index in [0.717, 1.165) is 12.1 Å². The molecule has 0 heterocycles. The van der Waals surface area contributed by atoms with E-state index in [4.69, 9.17) is 21.0 Å². The number of nitrogens with zero attached hydrogens (tertiary/aromatic N) is 1. The maximum Gasteiger partial charge on any atom is 0.274 e. The van der Waals surface area contributed by atoms with Crippen LogP contribution in [0.1, 0.15) is 6.42 Å². The summed E-state index contributed by atoms with van der Waals surface area (Å²) in [4.78, 5) is 9.52. The molecule has 0 aliphatic heterocycles. The van der Waals surface area contributed by atoms with E-state index >= 15 is 0 Å². The fourth-order valence-electron chi connectivity index (χ4n) is 1.41. The van der Waals surface area contributed by atoms with Crippen molar-refractivity contribution in [3.63, 3.8) is 0 Å². The summed E-state index contributed by atoms with van der Waals surface area (Å²) in [6.07, 6.45) is 5.30. The van der Waals surface area contributed by atoms with Gasteiger partial charge in [0.1, 0.15) is 4.90 Å². The molecule has 0 bridgehead atoms. The predicted molar refractivity (Wildman–Crippen MR) is 70.0 cm³/mol. The van der Waals surface area contributed by atoms with E-state index in [9.17, 15) is 18.5 Å². The van der Waals surface area contributed by atoms with Crippen molar-refractivity contribution in [3.8, 4) is 23.8 Å². The van der Waals surface area contributed by atoms with Crippen LogP contribution in [0.3, 0.4) is 0 Å². The van der Waals surface area contributed by atoms with E-state index < -0.39 is 25.5 Å². The highest BCUT2D eigenvalue weighted by atomic mass is 32.2. The number of primary sulfonamides is 1.